The monoisotopic (exact) mass is 282 g/mol. The predicted octanol–water partition coefficient (Wildman–Crippen LogP) is 2.65. The van der Waals surface area contributed by atoms with Gasteiger partial charge in [0.2, 0.25) is 0 Å². The van der Waals surface area contributed by atoms with E-state index in [9.17, 15) is 9.59 Å². The summed E-state index contributed by atoms with van der Waals surface area (Å²) in [5.41, 5.74) is 0.616. The number of hydrogen-bond acceptors (Lipinski definition) is 3. The number of rotatable bonds is 6. The lowest BCUT2D eigenvalue weighted by molar-refractivity contribution is 0.0697. The van der Waals surface area contributed by atoms with E-state index in [0.717, 1.165) is 12.2 Å². The van der Waals surface area contributed by atoms with E-state index in [1.165, 1.54) is 12.1 Å². The van der Waals surface area contributed by atoms with Gasteiger partial charge in [-0.1, -0.05) is 13.0 Å². The van der Waals surface area contributed by atoms with E-state index in [-0.39, 0.29) is 17.6 Å². The lowest BCUT2D eigenvalue weighted by Gasteiger charge is -2.16. The molecule has 1 rings (SSSR count). The third kappa shape index (κ3) is 5.21. The maximum absolute atomic E-state index is 11.8. The number of carboxylic acid groups (broad SMARTS) is 1. The molecule has 1 atom stereocenters. The Balaban J connectivity index is 2.61. The van der Waals surface area contributed by atoms with E-state index in [1.807, 2.05) is 13.2 Å². The minimum Gasteiger partial charge on any atom is -0.478 e. The Morgan fingerprint density at radius 2 is 2.16 bits per heavy atom. The third-order valence-electron chi connectivity index (χ3n) is 2.56. The van der Waals surface area contributed by atoms with Crippen molar-refractivity contribution in [3.8, 4) is 0 Å². The van der Waals surface area contributed by atoms with Crippen LogP contribution in [0.1, 0.15) is 23.7 Å². The van der Waals surface area contributed by atoms with Crippen molar-refractivity contribution >= 4 is 29.4 Å². The quantitative estimate of drug-likeness (QED) is 0.749. The van der Waals surface area contributed by atoms with E-state index >= 15 is 0 Å². The zero-order chi connectivity index (χ0) is 14.3. The zero-order valence-corrected chi connectivity index (χ0v) is 11.8. The van der Waals surface area contributed by atoms with Crippen LogP contribution in [0.15, 0.2) is 24.3 Å². The van der Waals surface area contributed by atoms with Gasteiger partial charge in [0.05, 0.1) is 5.56 Å². The van der Waals surface area contributed by atoms with Crippen LogP contribution in [0.2, 0.25) is 0 Å². The molecular formula is C13H18N2O3S. The molecule has 19 heavy (non-hydrogen) atoms. The smallest absolute Gasteiger partial charge is 0.335 e. The van der Waals surface area contributed by atoms with E-state index < -0.39 is 5.97 Å². The highest BCUT2D eigenvalue weighted by Gasteiger charge is 2.10. The van der Waals surface area contributed by atoms with Crippen molar-refractivity contribution < 1.29 is 14.7 Å². The summed E-state index contributed by atoms with van der Waals surface area (Å²) in [4.78, 5) is 22.6. The number of carboxylic acids is 1. The fourth-order valence-corrected chi connectivity index (χ4v) is 2.27. The van der Waals surface area contributed by atoms with Gasteiger partial charge >= 0.3 is 12.0 Å². The first-order chi connectivity index (χ1) is 9.06. The number of hydrogen-bond donors (Lipinski definition) is 3. The highest BCUT2D eigenvalue weighted by molar-refractivity contribution is 7.98. The number of urea groups is 1. The van der Waals surface area contributed by atoms with Gasteiger partial charge in [0.1, 0.15) is 0 Å². The largest absolute Gasteiger partial charge is 0.478 e. The summed E-state index contributed by atoms with van der Waals surface area (Å²) in [6, 6.07) is 5.95. The van der Waals surface area contributed by atoms with Crippen LogP contribution in [-0.2, 0) is 0 Å². The van der Waals surface area contributed by atoms with Gasteiger partial charge in [0, 0.05) is 17.5 Å². The van der Waals surface area contributed by atoms with Crippen LogP contribution in [0.3, 0.4) is 0 Å². The summed E-state index contributed by atoms with van der Waals surface area (Å²) in [6.07, 6.45) is 2.84. The second kappa shape index (κ2) is 7.68. The van der Waals surface area contributed by atoms with Crippen LogP contribution in [0.4, 0.5) is 10.5 Å². The van der Waals surface area contributed by atoms with E-state index in [4.69, 9.17) is 5.11 Å². The Morgan fingerprint density at radius 3 is 2.74 bits per heavy atom. The van der Waals surface area contributed by atoms with Gasteiger partial charge < -0.3 is 15.7 Å². The summed E-state index contributed by atoms with van der Waals surface area (Å²) >= 11 is 1.67. The number of carbonyl (C=O) groups is 2. The molecule has 0 spiro atoms. The summed E-state index contributed by atoms with van der Waals surface area (Å²) < 4.78 is 0. The predicted molar refractivity (Wildman–Crippen MR) is 78.0 cm³/mol. The van der Waals surface area contributed by atoms with Crippen LogP contribution in [0, 0.1) is 0 Å². The molecule has 0 bridgehead atoms. The molecule has 0 saturated carbocycles. The van der Waals surface area contributed by atoms with E-state index in [1.54, 1.807) is 23.9 Å². The fraction of sp³-hybridized carbons (Fsp3) is 0.385. The van der Waals surface area contributed by atoms with Gasteiger partial charge in [-0.05, 0) is 30.9 Å². The Bertz CT molecular complexity index is 451. The number of anilines is 1. The molecule has 1 unspecified atom stereocenters. The molecule has 0 fully saturated rings. The minimum atomic E-state index is -1.02. The summed E-state index contributed by atoms with van der Waals surface area (Å²) in [5.74, 6) is -0.170. The third-order valence-corrected chi connectivity index (χ3v) is 3.30. The van der Waals surface area contributed by atoms with Crippen LogP contribution < -0.4 is 10.6 Å². The van der Waals surface area contributed by atoms with Gasteiger partial charge in [-0.3, -0.25) is 0 Å². The van der Waals surface area contributed by atoms with Crippen LogP contribution >= 0.6 is 11.8 Å². The van der Waals surface area contributed by atoms with Crippen molar-refractivity contribution in [2.75, 3.05) is 17.3 Å². The average molecular weight is 282 g/mol. The SMILES string of the molecule is CCC(CSC)NC(=O)Nc1cccc(C(=O)O)c1. The molecule has 0 aliphatic heterocycles. The van der Waals surface area contributed by atoms with Crippen LogP contribution in [-0.4, -0.2) is 35.2 Å². The van der Waals surface area contributed by atoms with Crippen molar-refractivity contribution in [1.29, 1.82) is 0 Å². The number of thioether (sulfide) groups is 1. The number of aromatic carboxylic acids is 1. The Morgan fingerprint density at radius 1 is 1.42 bits per heavy atom. The molecule has 0 aliphatic carbocycles. The first-order valence-electron chi connectivity index (χ1n) is 5.96. The summed E-state index contributed by atoms with van der Waals surface area (Å²) in [7, 11) is 0. The Hall–Kier alpha value is -1.69. The summed E-state index contributed by atoms with van der Waals surface area (Å²) in [6.45, 7) is 2.01. The molecule has 5 nitrogen and oxygen atoms in total. The second-order valence-electron chi connectivity index (χ2n) is 4.04. The molecule has 0 saturated heterocycles. The van der Waals surface area contributed by atoms with Crippen molar-refractivity contribution in [2.24, 2.45) is 0 Å². The Kier molecular flexibility index (Phi) is 6.21. The lowest BCUT2D eigenvalue weighted by Crippen LogP contribution is -2.39. The van der Waals surface area contributed by atoms with Crippen molar-refractivity contribution in [3.05, 3.63) is 29.8 Å². The number of benzene rings is 1. The van der Waals surface area contributed by atoms with Gasteiger partial charge in [0.15, 0.2) is 0 Å². The molecule has 1 aromatic rings. The van der Waals surface area contributed by atoms with Crippen molar-refractivity contribution in [1.82, 2.24) is 5.32 Å². The van der Waals surface area contributed by atoms with Gasteiger partial charge in [-0.2, -0.15) is 11.8 Å². The average Bonchev–Trinajstić information content (AvgIpc) is 2.38. The number of carbonyl (C=O) groups excluding carboxylic acids is 1. The molecule has 3 N–H and O–H groups in total. The summed E-state index contributed by atoms with van der Waals surface area (Å²) in [5, 5.41) is 14.3. The molecule has 0 aliphatic rings. The molecule has 2 amide bonds. The molecular weight excluding hydrogens is 264 g/mol. The second-order valence-corrected chi connectivity index (χ2v) is 4.96. The maximum Gasteiger partial charge on any atom is 0.335 e. The fourth-order valence-electron chi connectivity index (χ4n) is 1.55. The van der Waals surface area contributed by atoms with Gasteiger partial charge in [-0.15, -0.1) is 0 Å². The highest BCUT2D eigenvalue weighted by atomic mass is 32.2. The van der Waals surface area contributed by atoms with Crippen molar-refractivity contribution in [2.45, 2.75) is 19.4 Å². The number of amides is 2. The molecule has 0 aromatic heterocycles. The van der Waals surface area contributed by atoms with Crippen LogP contribution in [0.25, 0.3) is 0 Å². The minimum absolute atomic E-state index is 0.109. The molecule has 0 heterocycles. The highest BCUT2D eigenvalue weighted by Crippen LogP contribution is 2.10. The normalized spacial score (nSPS) is 11.7. The zero-order valence-electron chi connectivity index (χ0n) is 11.0. The molecule has 1 aromatic carbocycles. The van der Waals surface area contributed by atoms with E-state index in [2.05, 4.69) is 10.6 Å². The topological polar surface area (TPSA) is 78.4 Å². The number of nitrogens with one attached hydrogen (secondary N) is 2. The first-order valence-corrected chi connectivity index (χ1v) is 7.36. The van der Waals surface area contributed by atoms with Gasteiger partial charge in [-0.25, -0.2) is 9.59 Å². The van der Waals surface area contributed by atoms with Crippen molar-refractivity contribution in [3.63, 3.8) is 0 Å². The van der Waals surface area contributed by atoms with Gasteiger partial charge in [0.25, 0.3) is 0 Å². The Labute approximate surface area is 116 Å². The van der Waals surface area contributed by atoms with Crippen LogP contribution in [0.5, 0.6) is 0 Å². The first kappa shape index (κ1) is 15.4. The maximum atomic E-state index is 11.8. The molecule has 104 valence electrons. The van der Waals surface area contributed by atoms with E-state index in [0.29, 0.717) is 5.69 Å². The molecule has 6 heteroatoms. The lowest BCUT2D eigenvalue weighted by atomic mass is 10.2. The molecule has 0 radical (unpaired) electrons. The standard InChI is InChI=1S/C13H18N2O3S/c1-3-10(8-19-2)14-13(18)15-11-6-4-5-9(7-11)12(16)17/h4-7,10H,3,8H2,1-2H3,(H,16,17)(H2,14,15,18).